The number of nitrogens with one attached hydrogen (secondary N) is 2. The Kier molecular flexibility index (Phi) is 8.46. The zero-order valence-corrected chi connectivity index (χ0v) is 19.2. The van der Waals surface area contributed by atoms with Gasteiger partial charge in [0.25, 0.3) is 0 Å². The zero-order chi connectivity index (χ0) is 23.8. The fourth-order valence-electron chi connectivity index (χ4n) is 4.26. The SMILES string of the molecule is CCC(CC(=O)NCCC(C)CC(=O)O)NC(=O)OCC1c2ccccc2-c2ccccc21. The summed E-state index contributed by atoms with van der Waals surface area (Å²) >= 11 is 0. The molecule has 1 aliphatic rings. The highest BCUT2D eigenvalue weighted by atomic mass is 16.5. The van der Waals surface area contributed by atoms with Gasteiger partial charge < -0.3 is 20.5 Å². The maximum absolute atomic E-state index is 12.5. The first-order valence-corrected chi connectivity index (χ1v) is 11.5. The molecule has 0 aliphatic heterocycles. The molecule has 0 saturated heterocycles. The van der Waals surface area contributed by atoms with Crippen molar-refractivity contribution in [3.05, 3.63) is 59.7 Å². The van der Waals surface area contributed by atoms with Crippen molar-refractivity contribution in [1.29, 1.82) is 0 Å². The molecule has 0 bridgehead atoms. The van der Waals surface area contributed by atoms with Gasteiger partial charge >= 0.3 is 12.1 Å². The van der Waals surface area contributed by atoms with Gasteiger partial charge in [0.15, 0.2) is 0 Å². The summed E-state index contributed by atoms with van der Waals surface area (Å²) in [5.41, 5.74) is 4.64. The average molecular weight is 453 g/mol. The first kappa shape index (κ1) is 24.3. The van der Waals surface area contributed by atoms with Crippen LogP contribution in [0, 0.1) is 5.92 Å². The Morgan fingerprint density at radius 2 is 1.61 bits per heavy atom. The molecule has 0 aromatic heterocycles. The van der Waals surface area contributed by atoms with Gasteiger partial charge in [-0.2, -0.15) is 0 Å². The lowest BCUT2D eigenvalue weighted by Gasteiger charge is -2.19. The summed E-state index contributed by atoms with van der Waals surface area (Å²) in [4.78, 5) is 35.4. The summed E-state index contributed by atoms with van der Waals surface area (Å²) in [5.74, 6) is -1.04. The Morgan fingerprint density at radius 3 is 2.18 bits per heavy atom. The van der Waals surface area contributed by atoms with E-state index >= 15 is 0 Å². The minimum Gasteiger partial charge on any atom is -0.481 e. The van der Waals surface area contributed by atoms with Crippen molar-refractivity contribution in [2.24, 2.45) is 5.92 Å². The third-order valence-electron chi connectivity index (χ3n) is 6.07. The lowest BCUT2D eigenvalue weighted by Crippen LogP contribution is -2.39. The van der Waals surface area contributed by atoms with E-state index in [2.05, 4.69) is 34.9 Å². The summed E-state index contributed by atoms with van der Waals surface area (Å²) < 4.78 is 5.57. The molecule has 0 saturated carbocycles. The van der Waals surface area contributed by atoms with E-state index in [1.54, 1.807) is 0 Å². The number of aliphatic carboxylic acids is 1. The zero-order valence-electron chi connectivity index (χ0n) is 19.2. The number of carbonyl (C=O) groups is 3. The third kappa shape index (κ3) is 6.57. The van der Waals surface area contributed by atoms with Crippen LogP contribution in [-0.4, -0.2) is 42.3 Å². The number of benzene rings is 2. The Morgan fingerprint density at radius 1 is 1.00 bits per heavy atom. The second kappa shape index (κ2) is 11.5. The molecular formula is C26H32N2O5. The molecule has 0 heterocycles. The molecule has 3 N–H and O–H groups in total. The Bertz CT molecular complexity index is 945. The fourth-order valence-corrected chi connectivity index (χ4v) is 4.26. The van der Waals surface area contributed by atoms with Crippen LogP contribution in [0.25, 0.3) is 11.1 Å². The van der Waals surface area contributed by atoms with Gasteiger partial charge in [-0.1, -0.05) is 62.4 Å². The van der Waals surface area contributed by atoms with E-state index in [9.17, 15) is 14.4 Å². The van der Waals surface area contributed by atoms with E-state index in [1.165, 1.54) is 11.1 Å². The number of hydrogen-bond acceptors (Lipinski definition) is 4. The van der Waals surface area contributed by atoms with Gasteiger partial charge in [0.05, 0.1) is 0 Å². The van der Waals surface area contributed by atoms with Gasteiger partial charge in [-0.15, -0.1) is 0 Å². The van der Waals surface area contributed by atoms with E-state index < -0.39 is 12.1 Å². The van der Waals surface area contributed by atoms with Gasteiger partial charge in [0.1, 0.15) is 6.61 Å². The summed E-state index contributed by atoms with van der Waals surface area (Å²) in [5, 5.41) is 14.4. The highest BCUT2D eigenvalue weighted by Gasteiger charge is 2.29. The van der Waals surface area contributed by atoms with Crippen molar-refractivity contribution >= 4 is 18.0 Å². The maximum Gasteiger partial charge on any atom is 0.407 e. The van der Waals surface area contributed by atoms with Gasteiger partial charge in [0, 0.05) is 31.3 Å². The highest BCUT2D eigenvalue weighted by molar-refractivity contribution is 5.79. The molecule has 0 fully saturated rings. The molecule has 2 aromatic rings. The molecule has 2 atom stereocenters. The van der Waals surface area contributed by atoms with Crippen LogP contribution in [0.1, 0.15) is 56.6 Å². The van der Waals surface area contributed by atoms with Crippen molar-refractivity contribution in [3.63, 3.8) is 0 Å². The number of amides is 2. The molecule has 33 heavy (non-hydrogen) atoms. The fraction of sp³-hybridized carbons (Fsp3) is 0.423. The molecule has 1 aliphatic carbocycles. The highest BCUT2D eigenvalue weighted by Crippen LogP contribution is 2.44. The summed E-state index contributed by atoms with van der Waals surface area (Å²) in [6.07, 6.45) is 0.874. The lowest BCUT2D eigenvalue weighted by molar-refractivity contribution is -0.138. The van der Waals surface area contributed by atoms with E-state index in [1.807, 2.05) is 38.1 Å². The van der Waals surface area contributed by atoms with Crippen molar-refractivity contribution in [1.82, 2.24) is 10.6 Å². The maximum atomic E-state index is 12.5. The summed E-state index contributed by atoms with van der Waals surface area (Å²) in [7, 11) is 0. The number of carboxylic acids is 1. The predicted octanol–water partition coefficient (Wildman–Crippen LogP) is 4.31. The van der Waals surface area contributed by atoms with E-state index in [4.69, 9.17) is 9.84 Å². The van der Waals surface area contributed by atoms with Gasteiger partial charge in [-0.05, 0) is 41.0 Å². The van der Waals surface area contributed by atoms with E-state index in [-0.39, 0.29) is 43.2 Å². The second-order valence-corrected chi connectivity index (χ2v) is 8.62. The average Bonchev–Trinajstić information content (AvgIpc) is 3.10. The summed E-state index contributed by atoms with van der Waals surface area (Å²) in [6, 6.07) is 16.0. The number of hydrogen-bond donors (Lipinski definition) is 3. The lowest BCUT2D eigenvalue weighted by atomic mass is 9.98. The number of carboxylic acid groups (broad SMARTS) is 1. The van der Waals surface area contributed by atoms with Gasteiger partial charge in [0.2, 0.25) is 5.91 Å². The van der Waals surface area contributed by atoms with Gasteiger partial charge in [-0.25, -0.2) is 4.79 Å². The number of ether oxygens (including phenoxy) is 1. The normalized spacial score (nSPS) is 14.0. The van der Waals surface area contributed by atoms with E-state index in [0.29, 0.717) is 19.4 Å². The van der Waals surface area contributed by atoms with Crippen LogP contribution < -0.4 is 10.6 Å². The molecule has 2 amide bonds. The monoisotopic (exact) mass is 452 g/mol. The standard InChI is InChI=1S/C26H32N2O5/c1-3-18(15-24(29)27-13-12-17(2)14-25(30)31)28-26(32)33-16-23-21-10-6-4-8-19(21)20-9-5-7-11-22(20)23/h4-11,17-18,23H,3,12-16H2,1-2H3,(H,27,29)(H,28,32)(H,30,31). The van der Waals surface area contributed by atoms with Crippen molar-refractivity contribution in [2.45, 2.75) is 51.5 Å². The Hall–Kier alpha value is -3.35. The molecule has 0 spiro atoms. The number of rotatable bonds is 11. The van der Waals surface area contributed by atoms with Crippen LogP contribution in [0.4, 0.5) is 4.79 Å². The van der Waals surface area contributed by atoms with Gasteiger partial charge in [-0.3, -0.25) is 9.59 Å². The second-order valence-electron chi connectivity index (χ2n) is 8.62. The first-order valence-electron chi connectivity index (χ1n) is 11.5. The molecule has 0 radical (unpaired) electrons. The number of carbonyl (C=O) groups excluding carboxylic acids is 2. The quantitative estimate of drug-likeness (QED) is 0.471. The van der Waals surface area contributed by atoms with Crippen molar-refractivity contribution in [3.8, 4) is 11.1 Å². The topological polar surface area (TPSA) is 105 Å². The number of fused-ring (bicyclic) bond motifs is 3. The predicted molar refractivity (Wildman–Crippen MR) is 126 cm³/mol. The van der Waals surface area contributed by atoms with Crippen LogP contribution in [0.5, 0.6) is 0 Å². The minimum absolute atomic E-state index is 0.0104. The largest absolute Gasteiger partial charge is 0.481 e. The molecule has 2 aromatic carbocycles. The van der Waals surface area contributed by atoms with Crippen molar-refractivity contribution in [2.75, 3.05) is 13.2 Å². The summed E-state index contributed by atoms with van der Waals surface area (Å²) in [6.45, 7) is 4.38. The molecule has 3 rings (SSSR count). The molecule has 7 heteroatoms. The molecule has 2 unspecified atom stereocenters. The van der Waals surface area contributed by atoms with Crippen LogP contribution in [0.15, 0.2) is 48.5 Å². The first-order chi connectivity index (χ1) is 15.9. The van der Waals surface area contributed by atoms with Crippen LogP contribution >= 0.6 is 0 Å². The third-order valence-corrected chi connectivity index (χ3v) is 6.07. The Labute approximate surface area is 194 Å². The van der Waals surface area contributed by atoms with Crippen LogP contribution in [0.2, 0.25) is 0 Å². The molecule has 176 valence electrons. The smallest absolute Gasteiger partial charge is 0.407 e. The number of alkyl carbamates (subject to hydrolysis) is 1. The van der Waals surface area contributed by atoms with Crippen LogP contribution in [0.3, 0.4) is 0 Å². The molecular weight excluding hydrogens is 420 g/mol. The molecule has 7 nitrogen and oxygen atoms in total. The minimum atomic E-state index is -0.841. The van der Waals surface area contributed by atoms with Crippen LogP contribution in [-0.2, 0) is 14.3 Å². The van der Waals surface area contributed by atoms with Crippen molar-refractivity contribution < 1.29 is 24.2 Å². The Balaban J connectivity index is 1.47. The van der Waals surface area contributed by atoms with E-state index in [0.717, 1.165) is 11.1 Å².